The zero-order valence-electron chi connectivity index (χ0n) is 14.4. The number of ether oxygens (including phenoxy) is 1. The molecule has 0 amide bonds. The molecule has 24 heavy (non-hydrogen) atoms. The van der Waals surface area contributed by atoms with Gasteiger partial charge in [0.1, 0.15) is 11.5 Å². The Labute approximate surface area is 157 Å². The fraction of sp³-hybridized carbons (Fsp3) is 0.316. The maximum absolute atomic E-state index is 6.12. The molecule has 0 N–H and O–H groups in total. The number of benzene rings is 2. The number of nitrogens with zero attached hydrogens (tertiary/aromatic N) is 2. The van der Waals surface area contributed by atoms with Crippen LogP contribution in [-0.4, -0.2) is 24.8 Å². The SMILES string of the molecule is CCCN(C)C=Nc1cc(C)c(Oc2ccc(Br)c(Cl)c2)cc1C. The normalized spacial score (nSPS) is 11.1. The second kappa shape index (κ2) is 8.54. The largest absolute Gasteiger partial charge is 0.457 e. The molecule has 128 valence electrons. The van der Waals surface area contributed by atoms with E-state index in [0.717, 1.165) is 40.0 Å². The smallest absolute Gasteiger partial charge is 0.130 e. The number of aliphatic imine (C=N–C) groups is 1. The van der Waals surface area contributed by atoms with E-state index in [9.17, 15) is 0 Å². The summed E-state index contributed by atoms with van der Waals surface area (Å²) < 4.78 is 6.83. The lowest BCUT2D eigenvalue weighted by Gasteiger charge is -2.13. The summed E-state index contributed by atoms with van der Waals surface area (Å²) in [4.78, 5) is 6.66. The third-order valence-electron chi connectivity index (χ3n) is 3.58. The molecule has 2 aromatic rings. The van der Waals surface area contributed by atoms with Crippen LogP contribution in [0.5, 0.6) is 11.5 Å². The molecule has 0 saturated heterocycles. The number of rotatable bonds is 6. The van der Waals surface area contributed by atoms with Crippen LogP contribution in [0.2, 0.25) is 5.02 Å². The first-order chi connectivity index (χ1) is 11.4. The summed E-state index contributed by atoms with van der Waals surface area (Å²) in [6, 6.07) is 9.62. The van der Waals surface area contributed by atoms with Crippen molar-refractivity contribution in [3.8, 4) is 11.5 Å². The second-order valence-electron chi connectivity index (χ2n) is 5.81. The molecule has 0 spiro atoms. The average molecular weight is 410 g/mol. The van der Waals surface area contributed by atoms with Crippen LogP contribution in [0.15, 0.2) is 39.8 Å². The lowest BCUT2D eigenvalue weighted by Crippen LogP contribution is -2.16. The Morgan fingerprint density at radius 3 is 2.62 bits per heavy atom. The zero-order valence-corrected chi connectivity index (χ0v) is 16.8. The maximum Gasteiger partial charge on any atom is 0.130 e. The monoisotopic (exact) mass is 408 g/mol. The molecule has 0 fully saturated rings. The highest BCUT2D eigenvalue weighted by Crippen LogP contribution is 2.34. The molecule has 5 heteroatoms. The van der Waals surface area contributed by atoms with Gasteiger partial charge in [0.2, 0.25) is 0 Å². The van der Waals surface area contributed by atoms with Crippen LogP contribution >= 0.6 is 27.5 Å². The molecule has 0 bridgehead atoms. The van der Waals surface area contributed by atoms with Gasteiger partial charge in [0.25, 0.3) is 0 Å². The van der Waals surface area contributed by atoms with Gasteiger partial charge in [0.15, 0.2) is 0 Å². The number of hydrogen-bond donors (Lipinski definition) is 0. The quantitative estimate of drug-likeness (QED) is 0.401. The lowest BCUT2D eigenvalue weighted by atomic mass is 10.1. The van der Waals surface area contributed by atoms with Gasteiger partial charge >= 0.3 is 0 Å². The molecule has 2 aromatic carbocycles. The van der Waals surface area contributed by atoms with E-state index < -0.39 is 0 Å². The fourth-order valence-corrected chi connectivity index (χ4v) is 2.68. The number of halogens is 2. The van der Waals surface area contributed by atoms with E-state index in [0.29, 0.717) is 10.8 Å². The Bertz CT molecular complexity index is 746. The van der Waals surface area contributed by atoms with Gasteiger partial charge in [-0.05, 0) is 71.6 Å². The van der Waals surface area contributed by atoms with Crippen molar-refractivity contribution < 1.29 is 4.74 Å². The highest BCUT2D eigenvalue weighted by atomic mass is 79.9. The Morgan fingerprint density at radius 2 is 1.96 bits per heavy atom. The standard InChI is InChI=1S/C19H22BrClN2O/c1-5-8-23(4)12-22-18-9-14(3)19(10-13(18)2)24-15-6-7-16(20)17(21)11-15/h6-7,9-12H,5,8H2,1-4H3. The van der Waals surface area contributed by atoms with E-state index in [-0.39, 0.29) is 0 Å². The van der Waals surface area contributed by atoms with E-state index in [1.807, 2.05) is 51.5 Å². The molecule has 0 unspecified atom stereocenters. The third-order valence-corrected chi connectivity index (χ3v) is 4.82. The second-order valence-corrected chi connectivity index (χ2v) is 7.07. The summed E-state index contributed by atoms with van der Waals surface area (Å²) in [6.07, 6.45) is 2.98. The molecule has 0 aliphatic heterocycles. The first kappa shape index (κ1) is 18.8. The summed E-state index contributed by atoms with van der Waals surface area (Å²) in [5.74, 6) is 1.52. The van der Waals surface area contributed by atoms with Crippen LogP contribution in [0.25, 0.3) is 0 Å². The van der Waals surface area contributed by atoms with E-state index in [1.54, 1.807) is 6.07 Å². The van der Waals surface area contributed by atoms with Gasteiger partial charge in [-0.2, -0.15) is 0 Å². The van der Waals surface area contributed by atoms with Gasteiger partial charge in [-0.15, -0.1) is 0 Å². The van der Waals surface area contributed by atoms with Crippen molar-refractivity contribution in [2.24, 2.45) is 4.99 Å². The maximum atomic E-state index is 6.12. The van der Waals surface area contributed by atoms with Crippen molar-refractivity contribution in [1.29, 1.82) is 0 Å². The Kier molecular flexibility index (Phi) is 6.69. The fourth-order valence-electron chi connectivity index (χ4n) is 2.26. The van der Waals surface area contributed by atoms with Crippen molar-refractivity contribution in [2.75, 3.05) is 13.6 Å². The highest BCUT2D eigenvalue weighted by Gasteiger charge is 2.08. The van der Waals surface area contributed by atoms with Crippen LogP contribution < -0.4 is 4.74 Å². The molecule has 0 heterocycles. The van der Waals surface area contributed by atoms with Crippen molar-refractivity contribution in [3.63, 3.8) is 0 Å². The first-order valence-electron chi connectivity index (χ1n) is 7.89. The summed E-state index contributed by atoms with van der Waals surface area (Å²) in [5.41, 5.74) is 3.06. The van der Waals surface area contributed by atoms with Gasteiger partial charge < -0.3 is 9.64 Å². The van der Waals surface area contributed by atoms with Crippen LogP contribution in [0.1, 0.15) is 24.5 Å². The Balaban J connectivity index is 2.21. The van der Waals surface area contributed by atoms with E-state index in [4.69, 9.17) is 16.3 Å². The Hall–Kier alpha value is -1.52. The topological polar surface area (TPSA) is 24.8 Å². The van der Waals surface area contributed by atoms with Gasteiger partial charge in [-0.1, -0.05) is 18.5 Å². The molecule has 0 radical (unpaired) electrons. The molecular weight excluding hydrogens is 388 g/mol. The Morgan fingerprint density at radius 1 is 1.21 bits per heavy atom. The highest BCUT2D eigenvalue weighted by molar-refractivity contribution is 9.10. The van der Waals surface area contributed by atoms with Gasteiger partial charge in [-0.3, -0.25) is 0 Å². The van der Waals surface area contributed by atoms with Crippen LogP contribution in [0, 0.1) is 13.8 Å². The molecule has 3 nitrogen and oxygen atoms in total. The molecule has 0 aliphatic rings. The molecular formula is C19H22BrClN2O. The predicted octanol–water partition coefficient (Wildman–Crippen LogP) is 6.51. The minimum Gasteiger partial charge on any atom is -0.457 e. The minimum absolute atomic E-state index is 0.627. The van der Waals surface area contributed by atoms with Crippen molar-refractivity contribution in [1.82, 2.24) is 4.90 Å². The van der Waals surface area contributed by atoms with Crippen LogP contribution in [-0.2, 0) is 0 Å². The zero-order chi connectivity index (χ0) is 17.7. The molecule has 2 rings (SSSR count). The van der Waals surface area contributed by atoms with E-state index >= 15 is 0 Å². The predicted molar refractivity (Wildman–Crippen MR) is 106 cm³/mol. The summed E-state index contributed by atoms with van der Waals surface area (Å²) in [7, 11) is 2.03. The van der Waals surface area contributed by atoms with Gasteiger partial charge in [0.05, 0.1) is 17.0 Å². The summed E-state index contributed by atoms with van der Waals surface area (Å²) in [5, 5.41) is 0.627. The number of aryl methyl sites for hydroxylation is 2. The first-order valence-corrected chi connectivity index (χ1v) is 9.06. The average Bonchev–Trinajstić information content (AvgIpc) is 2.53. The van der Waals surface area contributed by atoms with Gasteiger partial charge in [-0.25, -0.2) is 4.99 Å². The minimum atomic E-state index is 0.627. The van der Waals surface area contributed by atoms with E-state index in [1.165, 1.54) is 0 Å². The lowest BCUT2D eigenvalue weighted by molar-refractivity contribution is 0.478. The molecule has 0 aromatic heterocycles. The molecule has 0 atom stereocenters. The van der Waals surface area contributed by atoms with E-state index in [2.05, 4.69) is 32.7 Å². The summed E-state index contributed by atoms with van der Waals surface area (Å²) >= 11 is 9.51. The number of hydrogen-bond acceptors (Lipinski definition) is 2. The molecule has 0 saturated carbocycles. The van der Waals surface area contributed by atoms with Crippen molar-refractivity contribution in [3.05, 3.63) is 51.0 Å². The van der Waals surface area contributed by atoms with Crippen LogP contribution in [0.3, 0.4) is 0 Å². The summed E-state index contributed by atoms with van der Waals surface area (Å²) in [6.45, 7) is 7.20. The van der Waals surface area contributed by atoms with Crippen molar-refractivity contribution >= 4 is 39.6 Å². The molecule has 0 aliphatic carbocycles. The van der Waals surface area contributed by atoms with Gasteiger partial charge in [0, 0.05) is 24.1 Å². The third kappa shape index (κ3) is 4.99. The van der Waals surface area contributed by atoms with Crippen molar-refractivity contribution in [2.45, 2.75) is 27.2 Å². The van der Waals surface area contributed by atoms with Crippen LogP contribution in [0.4, 0.5) is 5.69 Å².